The van der Waals surface area contributed by atoms with Crippen molar-refractivity contribution in [2.24, 2.45) is 0 Å². The molecular formula is C16H13BrO5. The topological polar surface area (TPSA) is 83.8 Å². The Hall–Kier alpha value is -2.34. The summed E-state index contributed by atoms with van der Waals surface area (Å²) in [5.74, 6) is -2.29. The summed E-state index contributed by atoms with van der Waals surface area (Å²) in [4.78, 5) is 22.7. The number of hydrogen-bond acceptors (Lipinski definition) is 3. The van der Waals surface area contributed by atoms with Crippen LogP contribution in [-0.2, 0) is 6.61 Å². The smallest absolute Gasteiger partial charge is 0.339 e. The molecule has 0 unspecified atom stereocenters. The molecule has 0 saturated carbocycles. The zero-order valence-corrected chi connectivity index (χ0v) is 13.3. The first-order valence-electron chi connectivity index (χ1n) is 6.38. The molecule has 0 aliphatic heterocycles. The molecule has 0 bridgehead atoms. The van der Waals surface area contributed by atoms with Gasteiger partial charge in [0.25, 0.3) is 0 Å². The van der Waals surface area contributed by atoms with Crippen LogP contribution in [0.25, 0.3) is 0 Å². The van der Waals surface area contributed by atoms with E-state index in [0.717, 1.165) is 5.56 Å². The summed E-state index contributed by atoms with van der Waals surface area (Å²) in [6.45, 7) is 1.65. The van der Waals surface area contributed by atoms with E-state index in [1.807, 2.05) is 30.3 Å². The van der Waals surface area contributed by atoms with Crippen LogP contribution in [0.3, 0.4) is 0 Å². The molecule has 0 saturated heterocycles. The van der Waals surface area contributed by atoms with Gasteiger partial charge in [0.15, 0.2) is 0 Å². The van der Waals surface area contributed by atoms with Gasteiger partial charge >= 0.3 is 11.9 Å². The normalized spacial score (nSPS) is 10.3. The molecule has 2 rings (SSSR count). The summed E-state index contributed by atoms with van der Waals surface area (Å²) in [5.41, 5.74) is 0.813. The number of benzene rings is 2. The molecule has 5 nitrogen and oxygen atoms in total. The summed E-state index contributed by atoms with van der Waals surface area (Å²) in [6, 6.07) is 10.7. The Kier molecular flexibility index (Phi) is 4.82. The van der Waals surface area contributed by atoms with Crippen LogP contribution in [0.1, 0.15) is 31.8 Å². The molecule has 2 aromatic rings. The van der Waals surface area contributed by atoms with Crippen LogP contribution in [0, 0.1) is 6.92 Å². The maximum Gasteiger partial charge on any atom is 0.339 e. The lowest BCUT2D eigenvalue weighted by molar-refractivity contribution is 0.0691. The SMILES string of the molecule is Cc1c(C(=O)O)c(Br)cc(OCc2ccccc2)c1C(=O)O. The van der Waals surface area contributed by atoms with E-state index in [1.54, 1.807) is 0 Å². The van der Waals surface area contributed by atoms with Gasteiger partial charge in [0.1, 0.15) is 17.9 Å². The Morgan fingerprint density at radius 1 is 1.09 bits per heavy atom. The lowest BCUT2D eigenvalue weighted by atomic mass is 10.0. The van der Waals surface area contributed by atoms with Crippen molar-refractivity contribution in [2.75, 3.05) is 0 Å². The highest BCUT2D eigenvalue weighted by Gasteiger charge is 2.23. The molecule has 0 amide bonds. The van der Waals surface area contributed by atoms with Gasteiger partial charge in [-0.3, -0.25) is 0 Å². The predicted molar refractivity (Wildman–Crippen MR) is 83.6 cm³/mol. The van der Waals surface area contributed by atoms with Crippen molar-refractivity contribution >= 4 is 27.9 Å². The molecule has 0 radical (unpaired) electrons. The summed E-state index contributed by atoms with van der Waals surface area (Å²) in [5, 5.41) is 18.5. The molecule has 2 aromatic carbocycles. The van der Waals surface area contributed by atoms with Crippen molar-refractivity contribution < 1.29 is 24.5 Å². The molecule has 0 aliphatic rings. The van der Waals surface area contributed by atoms with E-state index in [2.05, 4.69) is 15.9 Å². The molecule has 0 spiro atoms. The van der Waals surface area contributed by atoms with Crippen molar-refractivity contribution in [2.45, 2.75) is 13.5 Å². The van der Waals surface area contributed by atoms with E-state index in [9.17, 15) is 19.8 Å². The van der Waals surface area contributed by atoms with E-state index < -0.39 is 11.9 Å². The number of halogens is 1. The van der Waals surface area contributed by atoms with Crippen LogP contribution in [0.2, 0.25) is 0 Å². The second-order valence-corrected chi connectivity index (χ2v) is 5.47. The van der Waals surface area contributed by atoms with Gasteiger partial charge in [-0.1, -0.05) is 30.3 Å². The van der Waals surface area contributed by atoms with Gasteiger partial charge < -0.3 is 14.9 Å². The lowest BCUT2D eigenvalue weighted by Crippen LogP contribution is -2.11. The first-order chi connectivity index (χ1) is 10.4. The van der Waals surface area contributed by atoms with Gasteiger partial charge in [-0.05, 0) is 40.0 Å². The predicted octanol–water partition coefficient (Wildman–Crippen LogP) is 3.73. The number of hydrogen-bond donors (Lipinski definition) is 2. The first kappa shape index (κ1) is 16.0. The highest BCUT2D eigenvalue weighted by Crippen LogP contribution is 2.32. The van der Waals surface area contributed by atoms with Gasteiger partial charge in [0, 0.05) is 4.47 Å². The molecule has 6 heteroatoms. The zero-order valence-electron chi connectivity index (χ0n) is 11.7. The lowest BCUT2D eigenvalue weighted by Gasteiger charge is -2.14. The minimum atomic E-state index is -1.23. The van der Waals surface area contributed by atoms with E-state index in [4.69, 9.17) is 4.74 Å². The van der Waals surface area contributed by atoms with E-state index in [0.29, 0.717) is 0 Å². The summed E-state index contributed by atoms with van der Waals surface area (Å²) >= 11 is 3.15. The second kappa shape index (κ2) is 6.62. The minimum Gasteiger partial charge on any atom is -0.488 e. The van der Waals surface area contributed by atoms with Crippen LogP contribution < -0.4 is 4.74 Å². The molecule has 22 heavy (non-hydrogen) atoms. The van der Waals surface area contributed by atoms with Gasteiger partial charge in [-0.15, -0.1) is 0 Å². The van der Waals surface area contributed by atoms with E-state index >= 15 is 0 Å². The Balaban J connectivity index is 2.43. The molecule has 0 heterocycles. The van der Waals surface area contributed by atoms with Crippen LogP contribution in [-0.4, -0.2) is 22.2 Å². The molecule has 0 fully saturated rings. The van der Waals surface area contributed by atoms with Crippen molar-refractivity contribution in [3.63, 3.8) is 0 Å². The number of ether oxygens (including phenoxy) is 1. The fourth-order valence-corrected chi connectivity index (χ4v) is 2.80. The van der Waals surface area contributed by atoms with E-state index in [1.165, 1.54) is 13.0 Å². The molecule has 0 aromatic heterocycles. The Morgan fingerprint density at radius 3 is 2.23 bits per heavy atom. The third kappa shape index (κ3) is 3.28. The average Bonchev–Trinajstić information content (AvgIpc) is 2.44. The minimum absolute atomic E-state index is 0.0792. The first-order valence-corrected chi connectivity index (χ1v) is 7.17. The van der Waals surface area contributed by atoms with Gasteiger partial charge in [-0.25, -0.2) is 9.59 Å². The largest absolute Gasteiger partial charge is 0.488 e. The van der Waals surface area contributed by atoms with Crippen molar-refractivity contribution in [1.29, 1.82) is 0 Å². The van der Waals surface area contributed by atoms with Crippen LogP contribution >= 0.6 is 15.9 Å². The second-order valence-electron chi connectivity index (χ2n) is 4.62. The van der Waals surface area contributed by atoms with Gasteiger partial charge in [-0.2, -0.15) is 0 Å². The summed E-state index contributed by atoms with van der Waals surface area (Å²) < 4.78 is 5.86. The number of carboxylic acids is 2. The van der Waals surface area contributed by atoms with Crippen LogP contribution in [0.4, 0.5) is 0 Å². The van der Waals surface area contributed by atoms with Crippen LogP contribution in [0.5, 0.6) is 5.75 Å². The Bertz CT molecular complexity index is 725. The zero-order chi connectivity index (χ0) is 16.3. The Labute approximate surface area is 135 Å². The molecule has 0 atom stereocenters. The quantitative estimate of drug-likeness (QED) is 0.844. The van der Waals surface area contributed by atoms with E-state index in [-0.39, 0.29) is 33.5 Å². The Morgan fingerprint density at radius 2 is 1.68 bits per heavy atom. The third-order valence-electron chi connectivity index (χ3n) is 3.16. The maximum absolute atomic E-state index is 11.5. The number of rotatable bonds is 5. The highest BCUT2D eigenvalue weighted by atomic mass is 79.9. The number of aromatic carboxylic acids is 2. The standard InChI is InChI=1S/C16H13BrO5/c1-9-13(15(18)19)11(17)7-12(14(9)16(20)21)22-8-10-5-3-2-4-6-10/h2-7H,8H2,1H3,(H,18,19)(H,20,21). The monoisotopic (exact) mass is 364 g/mol. The highest BCUT2D eigenvalue weighted by molar-refractivity contribution is 9.10. The van der Waals surface area contributed by atoms with Gasteiger partial charge in [0.2, 0.25) is 0 Å². The van der Waals surface area contributed by atoms with Crippen molar-refractivity contribution in [1.82, 2.24) is 0 Å². The maximum atomic E-state index is 11.5. The summed E-state index contributed by atoms with van der Waals surface area (Å²) in [6.07, 6.45) is 0. The van der Waals surface area contributed by atoms with Gasteiger partial charge in [0.05, 0.1) is 5.56 Å². The third-order valence-corrected chi connectivity index (χ3v) is 3.78. The fraction of sp³-hybridized carbons (Fsp3) is 0.125. The molecule has 114 valence electrons. The number of carbonyl (C=O) groups is 2. The molecule has 0 aliphatic carbocycles. The average molecular weight is 365 g/mol. The molecule has 2 N–H and O–H groups in total. The number of carboxylic acid groups (broad SMARTS) is 2. The fourth-order valence-electron chi connectivity index (χ4n) is 2.13. The molecular weight excluding hydrogens is 352 g/mol. The van der Waals surface area contributed by atoms with Crippen LogP contribution in [0.15, 0.2) is 40.9 Å². The van der Waals surface area contributed by atoms with Crippen molar-refractivity contribution in [3.8, 4) is 5.75 Å². The summed E-state index contributed by atoms with van der Waals surface area (Å²) in [7, 11) is 0. The van der Waals surface area contributed by atoms with Crippen molar-refractivity contribution in [3.05, 3.63) is 63.1 Å².